The number of hydrogen-bond acceptors (Lipinski definition) is 4. The molecule has 0 atom stereocenters. The van der Waals surface area contributed by atoms with E-state index in [-0.39, 0.29) is 31.9 Å². The van der Waals surface area contributed by atoms with Gasteiger partial charge in [-0.05, 0) is 48.5 Å². The van der Waals surface area contributed by atoms with E-state index in [0.29, 0.717) is 6.07 Å². The fourth-order valence-corrected chi connectivity index (χ4v) is 3.93. The van der Waals surface area contributed by atoms with Crippen molar-refractivity contribution < 1.29 is 26.4 Å². The third-order valence-electron chi connectivity index (χ3n) is 3.96. The van der Waals surface area contributed by atoms with E-state index in [1.807, 2.05) is 0 Å². The van der Waals surface area contributed by atoms with E-state index in [9.17, 15) is 26.4 Å². The number of hydrogen-bond donors (Lipinski definition) is 2. The van der Waals surface area contributed by atoms with Crippen molar-refractivity contribution in [3.05, 3.63) is 82.1 Å². The number of sulfonamides is 1. The first-order valence-electron chi connectivity index (χ1n) is 8.38. The number of nitrogens with one attached hydrogen (secondary N) is 2. The Kier molecular flexibility index (Phi) is 6.44. The molecule has 3 rings (SSSR count). The van der Waals surface area contributed by atoms with Crippen molar-refractivity contribution in [1.29, 1.82) is 0 Å². The van der Waals surface area contributed by atoms with Gasteiger partial charge < -0.3 is 5.32 Å². The molecule has 3 aromatic rings. The van der Waals surface area contributed by atoms with E-state index in [2.05, 4.69) is 15.0 Å². The monoisotopic (exact) mass is 489 g/mol. The predicted octanol–water partition coefficient (Wildman–Crippen LogP) is 5.46. The fourth-order valence-electron chi connectivity index (χ4n) is 2.49. The number of aromatic nitrogens is 1. The van der Waals surface area contributed by atoms with Crippen LogP contribution in [0.15, 0.2) is 65.8 Å². The minimum absolute atomic E-state index is 0.0966. The number of carbonyl (C=O) groups excluding carboxylic acids is 1. The first kappa shape index (κ1) is 22.9. The molecule has 0 spiro atoms. The van der Waals surface area contributed by atoms with Crippen LogP contribution in [0.2, 0.25) is 10.0 Å². The average molecular weight is 490 g/mol. The van der Waals surface area contributed by atoms with Gasteiger partial charge in [-0.3, -0.25) is 14.5 Å². The maximum Gasteiger partial charge on any atom is 0.416 e. The Balaban J connectivity index is 1.91. The zero-order valence-corrected chi connectivity index (χ0v) is 17.6. The minimum Gasteiger partial charge on any atom is -0.321 e. The lowest BCUT2D eigenvalue weighted by Gasteiger charge is -2.14. The first-order valence-corrected chi connectivity index (χ1v) is 10.6. The molecule has 2 N–H and O–H groups in total. The molecule has 0 radical (unpaired) electrons. The molecule has 0 bridgehead atoms. The molecule has 6 nitrogen and oxygen atoms in total. The van der Waals surface area contributed by atoms with Crippen LogP contribution in [-0.4, -0.2) is 19.3 Å². The molecule has 1 heterocycles. The van der Waals surface area contributed by atoms with Crippen molar-refractivity contribution in [2.24, 2.45) is 0 Å². The van der Waals surface area contributed by atoms with Gasteiger partial charge in [0, 0.05) is 17.4 Å². The highest BCUT2D eigenvalue weighted by molar-refractivity contribution is 7.92. The highest BCUT2D eigenvalue weighted by Gasteiger charge is 2.31. The van der Waals surface area contributed by atoms with Gasteiger partial charge in [0.25, 0.3) is 15.9 Å². The molecule has 0 aliphatic rings. The Morgan fingerprint density at radius 3 is 2.32 bits per heavy atom. The van der Waals surface area contributed by atoms with Crippen LogP contribution in [0.25, 0.3) is 0 Å². The second-order valence-corrected chi connectivity index (χ2v) is 8.66. The first-order chi connectivity index (χ1) is 14.5. The molecule has 0 aliphatic heterocycles. The normalized spacial score (nSPS) is 11.8. The topological polar surface area (TPSA) is 88.2 Å². The Labute approximate surface area is 185 Å². The van der Waals surface area contributed by atoms with Crippen LogP contribution < -0.4 is 10.0 Å². The average Bonchev–Trinajstić information content (AvgIpc) is 2.70. The standard InChI is InChI=1S/C19H12Cl2F3N3O3S/c20-12-4-6-16(27-31(29,30)13-2-1-7-25-10-13)14(9-12)18(28)26-17-5-3-11(8-15(17)21)19(22,23)24/h1-10,27H,(H,26,28). The van der Waals surface area contributed by atoms with E-state index in [1.54, 1.807) is 0 Å². The fraction of sp³-hybridized carbons (Fsp3) is 0.0526. The Bertz CT molecular complexity index is 1240. The Hall–Kier alpha value is -2.82. The van der Waals surface area contributed by atoms with Crippen molar-refractivity contribution in [1.82, 2.24) is 4.98 Å². The number of pyridine rings is 1. The molecular formula is C19H12Cl2F3N3O3S. The number of rotatable bonds is 5. The van der Waals surface area contributed by atoms with E-state index in [1.165, 1.54) is 36.5 Å². The number of carbonyl (C=O) groups is 1. The number of anilines is 2. The summed E-state index contributed by atoms with van der Waals surface area (Å²) < 4.78 is 65.8. The van der Waals surface area contributed by atoms with E-state index in [0.717, 1.165) is 18.3 Å². The molecule has 0 unspecified atom stereocenters. The summed E-state index contributed by atoms with van der Waals surface area (Å²) in [6, 6.07) is 9.00. The molecule has 0 saturated heterocycles. The quantitative estimate of drug-likeness (QED) is 0.497. The van der Waals surface area contributed by atoms with Gasteiger partial charge in [-0.1, -0.05) is 23.2 Å². The molecule has 31 heavy (non-hydrogen) atoms. The lowest BCUT2D eigenvalue weighted by Crippen LogP contribution is -2.19. The smallest absolute Gasteiger partial charge is 0.321 e. The van der Waals surface area contributed by atoms with E-state index < -0.39 is 27.7 Å². The summed E-state index contributed by atoms with van der Waals surface area (Å²) in [4.78, 5) is 16.3. The minimum atomic E-state index is -4.60. The summed E-state index contributed by atoms with van der Waals surface area (Å²) in [5.41, 5.74) is -1.35. The van der Waals surface area contributed by atoms with Crippen LogP contribution >= 0.6 is 23.2 Å². The summed E-state index contributed by atoms with van der Waals surface area (Å²) >= 11 is 11.8. The maximum absolute atomic E-state index is 12.8. The second-order valence-electron chi connectivity index (χ2n) is 6.13. The zero-order chi connectivity index (χ0) is 22.8. The van der Waals surface area contributed by atoms with Crippen LogP contribution in [0, 0.1) is 0 Å². The van der Waals surface area contributed by atoms with Crippen LogP contribution in [0.1, 0.15) is 15.9 Å². The largest absolute Gasteiger partial charge is 0.416 e. The van der Waals surface area contributed by atoms with Gasteiger partial charge in [0.2, 0.25) is 0 Å². The van der Waals surface area contributed by atoms with Crippen molar-refractivity contribution in [2.75, 3.05) is 10.0 Å². The zero-order valence-electron chi connectivity index (χ0n) is 15.2. The molecule has 162 valence electrons. The lowest BCUT2D eigenvalue weighted by molar-refractivity contribution is -0.137. The van der Waals surface area contributed by atoms with E-state index >= 15 is 0 Å². The SMILES string of the molecule is O=C(Nc1ccc(C(F)(F)F)cc1Cl)c1cc(Cl)ccc1NS(=O)(=O)c1cccnc1. The summed E-state index contributed by atoms with van der Waals surface area (Å²) in [6.45, 7) is 0. The van der Waals surface area contributed by atoms with Crippen LogP contribution in [0.5, 0.6) is 0 Å². The molecular weight excluding hydrogens is 478 g/mol. The van der Waals surface area contributed by atoms with Gasteiger partial charge in [-0.2, -0.15) is 13.2 Å². The van der Waals surface area contributed by atoms with Crippen LogP contribution in [0.4, 0.5) is 24.5 Å². The molecule has 0 fully saturated rings. The lowest BCUT2D eigenvalue weighted by atomic mass is 10.1. The van der Waals surface area contributed by atoms with Gasteiger partial charge >= 0.3 is 6.18 Å². The Morgan fingerprint density at radius 2 is 1.71 bits per heavy atom. The van der Waals surface area contributed by atoms with Gasteiger partial charge in [0.05, 0.1) is 27.5 Å². The molecule has 0 saturated carbocycles. The highest BCUT2D eigenvalue weighted by atomic mass is 35.5. The third kappa shape index (κ3) is 5.46. The van der Waals surface area contributed by atoms with Crippen LogP contribution in [-0.2, 0) is 16.2 Å². The maximum atomic E-state index is 12.8. The summed E-state index contributed by atoms with van der Waals surface area (Å²) in [5, 5.41) is 2.14. The molecule has 2 aromatic carbocycles. The van der Waals surface area contributed by atoms with Crippen LogP contribution in [0.3, 0.4) is 0 Å². The van der Waals surface area contributed by atoms with Crippen molar-refractivity contribution >= 4 is 50.5 Å². The van der Waals surface area contributed by atoms with Crippen molar-refractivity contribution in [2.45, 2.75) is 11.1 Å². The number of halogens is 5. The van der Waals surface area contributed by atoms with Crippen molar-refractivity contribution in [3.63, 3.8) is 0 Å². The molecule has 1 aromatic heterocycles. The summed E-state index contributed by atoms with van der Waals surface area (Å²) in [6.07, 6.45) is -2.08. The predicted molar refractivity (Wildman–Crippen MR) is 111 cm³/mol. The van der Waals surface area contributed by atoms with Gasteiger partial charge in [0.15, 0.2) is 0 Å². The number of amides is 1. The highest BCUT2D eigenvalue weighted by Crippen LogP contribution is 2.34. The number of benzene rings is 2. The second kappa shape index (κ2) is 8.74. The Morgan fingerprint density at radius 1 is 1.00 bits per heavy atom. The molecule has 12 heteroatoms. The van der Waals surface area contributed by atoms with Gasteiger partial charge in [0.1, 0.15) is 4.90 Å². The number of alkyl halides is 3. The van der Waals surface area contributed by atoms with Crippen molar-refractivity contribution in [3.8, 4) is 0 Å². The third-order valence-corrected chi connectivity index (χ3v) is 5.86. The van der Waals surface area contributed by atoms with Gasteiger partial charge in [-0.25, -0.2) is 8.42 Å². The summed E-state index contributed by atoms with van der Waals surface area (Å²) in [5.74, 6) is -0.840. The molecule has 1 amide bonds. The van der Waals surface area contributed by atoms with E-state index in [4.69, 9.17) is 23.2 Å². The van der Waals surface area contributed by atoms with Gasteiger partial charge in [-0.15, -0.1) is 0 Å². The number of nitrogens with zero attached hydrogens (tertiary/aromatic N) is 1. The summed E-state index contributed by atoms with van der Waals surface area (Å²) in [7, 11) is -4.07. The molecule has 0 aliphatic carbocycles.